The van der Waals surface area contributed by atoms with Gasteiger partial charge in [0.15, 0.2) is 0 Å². The molecule has 0 aliphatic carbocycles. The van der Waals surface area contributed by atoms with Crippen molar-refractivity contribution >= 4 is 11.6 Å². The topological polar surface area (TPSA) is 81.1 Å². The zero-order valence-electron chi connectivity index (χ0n) is 7.53. The van der Waals surface area contributed by atoms with Gasteiger partial charge in [0, 0.05) is 12.2 Å². The van der Waals surface area contributed by atoms with E-state index in [1.54, 1.807) is 0 Å². The van der Waals surface area contributed by atoms with E-state index in [1.165, 1.54) is 24.3 Å². The number of nitrogens with one attached hydrogen (secondary N) is 1. The van der Waals surface area contributed by atoms with E-state index in [4.69, 9.17) is 11.5 Å². The summed E-state index contributed by atoms with van der Waals surface area (Å²) in [5, 5.41) is 2.51. The molecule has 5 heteroatoms. The number of rotatable bonds is 3. The SMILES string of the molecule is NC[C@@H](N)C(=O)Nc1ccc(F)cc1. The van der Waals surface area contributed by atoms with E-state index in [2.05, 4.69) is 5.32 Å². The maximum atomic E-state index is 12.5. The third-order valence-electron chi connectivity index (χ3n) is 1.70. The highest BCUT2D eigenvalue weighted by Crippen LogP contribution is 2.07. The highest BCUT2D eigenvalue weighted by molar-refractivity contribution is 5.94. The number of hydrogen-bond acceptors (Lipinski definition) is 3. The average molecular weight is 197 g/mol. The molecule has 1 aromatic rings. The summed E-state index contributed by atoms with van der Waals surface area (Å²) in [6.45, 7) is 0.0764. The number of anilines is 1. The molecule has 0 bridgehead atoms. The van der Waals surface area contributed by atoms with Crippen LogP contribution >= 0.6 is 0 Å². The van der Waals surface area contributed by atoms with Gasteiger partial charge >= 0.3 is 0 Å². The van der Waals surface area contributed by atoms with Crippen molar-refractivity contribution in [3.63, 3.8) is 0 Å². The highest BCUT2D eigenvalue weighted by atomic mass is 19.1. The van der Waals surface area contributed by atoms with Gasteiger partial charge in [-0.05, 0) is 24.3 Å². The molecule has 5 N–H and O–H groups in total. The van der Waals surface area contributed by atoms with Crippen molar-refractivity contribution in [3.05, 3.63) is 30.1 Å². The van der Waals surface area contributed by atoms with Crippen molar-refractivity contribution < 1.29 is 9.18 Å². The molecule has 1 atom stereocenters. The smallest absolute Gasteiger partial charge is 0.242 e. The Morgan fingerprint density at radius 2 is 2.00 bits per heavy atom. The molecule has 4 nitrogen and oxygen atoms in total. The van der Waals surface area contributed by atoms with Gasteiger partial charge < -0.3 is 16.8 Å². The molecular formula is C9H12FN3O. The zero-order chi connectivity index (χ0) is 10.6. The number of carbonyl (C=O) groups excluding carboxylic acids is 1. The second-order valence-corrected chi connectivity index (χ2v) is 2.84. The van der Waals surface area contributed by atoms with Crippen LogP contribution in [-0.2, 0) is 4.79 Å². The molecule has 1 amide bonds. The number of halogens is 1. The van der Waals surface area contributed by atoms with Crippen LogP contribution in [0.3, 0.4) is 0 Å². The van der Waals surface area contributed by atoms with Crippen molar-refractivity contribution in [2.24, 2.45) is 11.5 Å². The van der Waals surface area contributed by atoms with Gasteiger partial charge in [-0.1, -0.05) is 0 Å². The Morgan fingerprint density at radius 1 is 1.43 bits per heavy atom. The molecule has 0 aromatic heterocycles. The molecule has 0 saturated heterocycles. The maximum Gasteiger partial charge on any atom is 0.242 e. The van der Waals surface area contributed by atoms with Crippen LogP contribution in [-0.4, -0.2) is 18.5 Å². The average Bonchev–Trinajstić information content (AvgIpc) is 2.20. The van der Waals surface area contributed by atoms with Gasteiger partial charge in [0.05, 0.1) is 6.04 Å². The van der Waals surface area contributed by atoms with Crippen molar-refractivity contribution in [1.82, 2.24) is 0 Å². The number of benzene rings is 1. The standard InChI is InChI=1S/C9H12FN3O/c10-6-1-3-7(4-2-6)13-9(14)8(12)5-11/h1-4,8H,5,11-12H2,(H,13,14)/t8-/m1/s1. The lowest BCUT2D eigenvalue weighted by atomic mass is 10.2. The monoisotopic (exact) mass is 197 g/mol. The first-order valence-electron chi connectivity index (χ1n) is 4.15. The summed E-state index contributed by atoms with van der Waals surface area (Å²) in [5.74, 6) is -0.731. The van der Waals surface area contributed by atoms with E-state index in [-0.39, 0.29) is 18.3 Å². The van der Waals surface area contributed by atoms with Crippen LogP contribution in [0.1, 0.15) is 0 Å². The maximum absolute atomic E-state index is 12.5. The van der Waals surface area contributed by atoms with Crippen molar-refractivity contribution in [1.29, 1.82) is 0 Å². The fourth-order valence-corrected chi connectivity index (χ4v) is 0.875. The number of amides is 1. The Morgan fingerprint density at radius 3 is 2.50 bits per heavy atom. The lowest BCUT2D eigenvalue weighted by molar-refractivity contribution is -0.117. The van der Waals surface area contributed by atoms with Crippen LogP contribution in [0.4, 0.5) is 10.1 Å². The third kappa shape index (κ3) is 2.79. The van der Waals surface area contributed by atoms with E-state index in [9.17, 15) is 9.18 Å². The molecule has 0 saturated carbocycles. The quantitative estimate of drug-likeness (QED) is 0.640. The van der Waals surface area contributed by atoms with Gasteiger partial charge in [-0.3, -0.25) is 4.79 Å². The number of hydrogen-bond donors (Lipinski definition) is 3. The van der Waals surface area contributed by atoms with Crippen LogP contribution in [0.25, 0.3) is 0 Å². The summed E-state index contributed by atoms with van der Waals surface area (Å²) >= 11 is 0. The first-order chi connectivity index (χ1) is 6.63. The van der Waals surface area contributed by atoms with Crippen LogP contribution in [0.2, 0.25) is 0 Å². The van der Waals surface area contributed by atoms with Crippen LogP contribution in [0.5, 0.6) is 0 Å². The number of nitrogens with two attached hydrogens (primary N) is 2. The first kappa shape index (κ1) is 10.6. The molecule has 0 fully saturated rings. The van der Waals surface area contributed by atoms with Crippen LogP contribution < -0.4 is 16.8 Å². The molecule has 0 aliphatic rings. The summed E-state index contributed by atoms with van der Waals surface area (Å²) < 4.78 is 12.5. The largest absolute Gasteiger partial charge is 0.328 e. The van der Waals surface area contributed by atoms with E-state index < -0.39 is 6.04 Å². The van der Waals surface area contributed by atoms with E-state index in [0.29, 0.717) is 5.69 Å². The molecule has 0 heterocycles. The summed E-state index contributed by atoms with van der Waals surface area (Å²) in [6, 6.07) is 4.68. The van der Waals surface area contributed by atoms with E-state index >= 15 is 0 Å². The lowest BCUT2D eigenvalue weighted by Crippen LogP contribution is -2.41. The van der Waals surface area contributed by atoms with Gasteiger partial charge in [-0.25, -0.2) is 4.39 Å². The zero-order valence-corrected chi connectivity index (χ0v) is 7.53. The van der Waals surface area contributed by atoms with Crippen molar-refractivity contribution in [2.75, 3.05) is 11.9 Å². The summed E-state index contributed by atoms with van der Waals surface area (Å²) in [5.41, 5.74) is 11.1. The van der Waals surface area contributed by atoms with Gasteiger partial charge in [0.2, 0.25) is 5.91 Å². The number of carbonyl (C=O) groups is 1. The van der Waals surface area contributed by atoms with Gasteiger partial charge in [0.1, 0.15) is 5.82 Å². The second kappa shape index (κ2) is 4.69. The Hall–Kier alpha value is -1.46. The first-order valence-corrected chi connectivity index (χ1v) is 4.15. The lowest BCUT2D eigenvalue weighted by Gasteiger charge is -2.09. The fraction of sp³-hybridized carbons (Fsp3) is 0.222. The molecule has 76 valence electrons. The minimum Gasteiger partial charge on any atom is -0.328 e. The molecule has 1 aromatic carbocycles. The minimum absolute atomic E-state index is 0.0764. The molecule has 0 spiro atoms. The van der Waals surface area contributed by atoms with E-state index in [0.717, 1.165) is 0 Å². The minimum atomic E-state index is -0.736. The molecule has 1 rings (SSSR count). The molecule has 0 aliphatic heterocycles. The Kier molecular flexibility index (Phi) is 3.55. The molecule has 0 radical (unpaired) electrons. The second-order valence-electron chi connectivity index (χ2n) is 2.84. The highest BCUT2D eigenvalue weighted by Gasteiger charge is 2.10. The van der Waals surface area contributed by atoms with Crippen molar-refractivity contribution in [2.45, 2.75) is 6.04 Å². The fourth-order valence-electron chi connectivity index (χ4n) is 0.875. The Labute approximate surface area is 81.1 Å². The Balaban J connectivity index is 2.60. The Bertz CT molecular complexity index is 312. The third-order valence-corrected chi connectivity index (χ3v) is 1.70. The summed E-state index contributed by atoms with van der Waals surface area (Å²) in [7, 11) is 0. The molecule has 0 unspecified atom stereocenters. The van der Waals surface area contributed by atoms with Gasteiger partial charge in [0.25, 0.3) is 0 Å². The van der Waals surface area contributed by atoms with Crippen molar-refractivity contribution in [3.8, 4) is 0 Å². The van der Waals surface area contributed by atoms with Crippen LogP contribution in [0, 0.1) is 5.82 Å². The predicted octanol–water partition coefficient (Wildman–Crippen LogP) is 0.0502. The summed E-state index contributed by atoms with van der Waals surface area (Å²) in [6.07, 6.45) is 0. The summed E-state index contributed by atoms with van der Waals surface area (Å²) in [4.78, 5) is 11.2. The predicted molar refractivity (Wildman–Crippen MR) is 52.1 cm³/mol. The van der Waals surface area contributed by atoms with E-state index in [1.807, 2.05) is 0 Å². The molecular weight excluding hydrogens is 185 g/mol. The van der Waals surface area contributed by atoms with Gasteiger partial charge in [-0.2, -0.15) is 0 Å². The van der Waals surface area contributed by atoms with Gasteiger partial charge in [-0.15, -0.1) is 0 Å². The molecule has 14 heavy (non-hydrogen) atoms. The normalized spacial score (nSPS) is 12.2. The van der Waals surface area contributed by atoms with Crippen LogP contribution in [0.15, 0.2) is 24.3 Å².